The highest BCUT2D eigenvalue weighted by Crippen LogP contribution is 2.13. The molecule has 0 bridgehead atoms. The van der Waals surface area contributed by atoms with Crippen LogP contribution in [0.25, 0.3) is 0 Å². The molecule has 74 valence electrons. The molecule has 0 radical (unpaired) electrons. The number of nitrogens with zero attached hydrogens (tertiary/aromatic N) is 1. The molecule has 0 aromatic heterocycles. The Balaban J connectivity index is 2.53. The summed E-state index contributed by atoms with van der Waals surface area (Å²) in [6.07, 6.45) is 5.34. The van der Waals surface area contributed by atoms with Gasteiger partial charge >= 0.3 is 0 Å². The lowest BCUT2D eigenvalue weighted by atomic mass is 10.5. The van der Waals surface area contributed by atoms with Gasteiger partial charge in [-0.2, -0.15) is 11.8 Å². The van der Waals surface area contributed by atoms with Crippen molar-refractivity contribution >= 4 is 21.8 Å². The summed E-state index contributed by atoms with van der Waals surface area (Å²) in [7, 11) is -3.07. The summed E-state index contributed by atoms with van der Waals surface area (Å²) < 4.78 is 24.7. The van der Waals surface area contributed by atoms with Crippen molar-refractivity contribution in [3.63, 3.8) is 0 Å². The summed E-state index contributed by atoms with van der Waals surface area (Å²) in [6.45, 7) is 1.27. The second kappa shape index (κ2) is 4.89. The van der Waals surface area contributed by atoms with E-state index in [9.17, 15) is 8.42 Å². The Bertz CT molecular complexity index is 286. The van der Waals surface area contributed by atoms with Crippen LogP contribution >= 0.6 is 11.8 Å². The molecule has 0 spiro atoms. The van der Waals surface area contributed by atoms with E-state index in [1.165, 1.54) is 0 Å². The standard InChI is InChI=1S/C8H13NO2S2/c1-2-3-8-13(10,11)9-4-6-12-7-5-9/h1H,3-8H2. The summed E-state index contributed by atoms with van der Waals surface area (Å²) in [5.41, 5.74) is 0. The van der Waals surface area contributed by atoms with Crippen LogP contribution in [0.5, 0.6) is 0 Å². The molecule has 1 aliphatic heterocycles. The zero-order valence-corrected chi connectivity index (χ0v) is 9.03. The van der Waals surface area contributed by atoms with Crippen molar-refractivity contribution in [2.45, 2.75) is 6.42 Å². The van der Waals surface area contributed by atoms with Gasteiger partial charge in [0.2, 0.25) is 10.0 Å². The lowest BCUT2D eigenvalue weighted by Crippen LogP contribution is -2.39. The van der Waals surface area contributed by atoms with Crippen LogP contribution in [0.15, 0.2) is 0 Å². The van der Waals surface area contributed by atoms with Crippen molar-refractivity contribution in [3.05, 3.63) is 0 Å². The van der Waals surface area contributed by atoms with Gasteiger partial charge < -0.3 is 0 Å². The summed E-state index contributed by atoms with van der Waals surface area (Å²) in [5.74, 6) is 4.24. The second-order valence-corrected chi connectivity index (χ2v) is 6.09. The Morgan fingerprint density at radius 1 is 1.38 bits per heavy atom. The summed E-state index contributed by atoms with van der Waals surface area (Å²) in [6, 6.07) is 0. The molecule has 1 fully saturated rings. The van der Waals surface area contributed by atoms with Gasteiger partial charge in [0.1, 0.15) is 0 Å². The molecule has 0 saturated carbocycles. The van der Waals surface area contributed by atoms with E-state index < -0.39 is 10.0 Å². The minimum absolute atomic E-state index is 0.0914. The maximum absolute atomic E-state index is 11.6. The third kappa shape index (κ3) is 3.22. The van der Waals surface area contributed by atoms with Gasteiger partial charge in [0.15, 0.2) is 0 Å². The lowest BCUT2D eigenvalue weighted by molar-refractivity contribution is 0.444. The van der Waals surface area contributed by atoms with Gasteiger partial charge in [-0.15, -0.1) is 12.3 Å². The first-order valence-corrected chi connectivity index (χ1v) is 6.92. The van der Waals surface area contributed by atoms with Gasteiger partial charge in [-0.3, -0.25) is 0 Å². The van der Waals surface area contributed by atoms with E-state index in [0.717, 1.165) is 11.5 Å². The molecular formula is C8H13NO2S2. The van der Waals surface area contributed by atoms with Crippen molar-refractivity contribution in [3.8, 4) is 12.3 Å². The van der Waals surface area contributed by atoms with Gasteiger partial charge in [0.25, 0.3) is 0 Å². The van der Waals surface area contributed by atoms with E-state index in [-0.39, 0.29) is 5.75 Å². The first-order valence-electron chi connectivity index (χ1n) is 4.16. The Morgan fingerprint density at radius 2 is 2.00 bits per heavy atom. The third-order valence-corrected chi connectivity index (χ3v) is 4.68. The molecule has 0 aromatic carbocycles. The molecule has 0 unspecified atom stereocenters. The molecule has 1 rings (SSSR count). The molecule has 1 heterocycles. The van der Waals surface area contributed by atoms with Gasteiger partial charge in [-0.25, -0.2) is 12.7 Å². The van der Waals surface area contributed by atoms with Gasteiger partial charge in [0, 0.05) is 31.0 Å². The van der Waals surface area contributed by atoms with E-state index in [4.69, 9.17) is 6.42 Å². The van der Waals surface area contributed by atoms with E-state index in [0.29, 0.717) is 19.5 Å². The Kier molecular flexibility index (Phi) is 4.10. The summed E-state index contributed by atoms with van der Waals surface area (Å²) in [4.78, 5) is 0. The molecule has 0 N–H and O–H groups in total. The molecule has 0 aromatic rings. The Labute approximate surface area is 83.9 Å². The predicted octanol–water partition coefficient (Wildman–Crippen LogP) is 0.388. The van der Waals surface area contributed by atoms with Gasteiger partial charge in [-0.1, -0.05) is 0 Å². The summed E-state index contributed by atoms with van der Waals surface area (Å²) >= 11 is 1.79. The molecule has 1 aliphatic rings. The minimum atomic E-state index is -3.07. The molecule has 0 amide bonds. The molecule has 1 saturated heterocycles. The Hall–Kier alpha value is -0.180. The quantitative estimate of drug-likeness (QED) is 0.644. The molecule has 5 heteroatoms. The highest BCUT2D eigenvalue weighted by Gasteiger charge is 2.22. The lowest BCUT2D eigenvalue weighted by Gasteiger charge is -2.25. The molecule has 3 nitrogen and oxygen atoms in total. The van der Waals surface area contributed by atoms with E-state index >= 15 is 0 Å². The average Bonchev–Trinajstić information content (AvgIpc) is 2.16. The fourth-order valence-corrected chi connectivity index (χ4v) is 3.65. The topological polar surface area (TPSA) is 37.4 Å². The number of hydrogen-bond acceptors (Lipinski definition) is 3. The summed E-state index contributed by atoms with van der Waals surface area (Å²) in [5, 5.41) is 0. The van der Waals surface area contributed by atoms with Crippen LogP contribution in [0.1, 0.15) is 6.42 Å². The van der Waals surface area contributed by atoms with Crippen molar-refractivity contribution in [1.29, 1.82) is 0 Å². The third-order valence-electron chi connectivity index (χ3n) is 1.87. The van der Waals surface area contributed by atoms with Gasteiger partial charge in [-0.05, 0) is 0 Å². The van der Waals surface area contributed by atoms with E-state index in [2.05, 4.69) is 5.92 Å². The number of rotatable bonds is 3. The molecule has 0 aliphatic carbocycles. The van der Waals surface area contributed by atoms with E-state index in [1.54, 1.807) is 16.1 Å². The highest BCUT2D eigenvalue weighted by molar-refractivity contribution is 7.99. The maximum Gasteiger partial charge on any atom is 0.215 e. The number of thioether (sulfide) groups is 1. The molecular weight excluding hydrogens is 206 g/mol. The van der Waals surface area contributed by atoms with Crippen LogP contribution < -0.4 is 0 Å². The first kappa shape index (κ1) is 10.9. The van der Waals surface area contributed by atoms with Crippen molar-refractivity contribution in [2.75, 3.05) is 30.3 Å². The molecule has 13 heavy (non-hydrogen) atoms. The van der Waals surface area contributed by atoms with Crippen LogP contribution in [0.3, 0.4) is 0 Å². The second-order valence-electron chi connectivity index (χ2n) is 2.78. The van der Waals surface area contributed by atoms with Crippen molar-refractivity contribution < 1.29 is 8.42 Å². The molecule has 0 atom stereocenters. The Morgan fingerprint density at radius 3 is 2.54 bits per heavy atom. The number of hydrogen-bond donors (Lipinski definition) is 0. The van der Waals surface area contributed by atoms with Crippen LogP contribution in [0.4, 0.5) is 0 Å². The smallest absolute Gasteiger partial charge is 0.212 e. The van der Waals surface area contributed by atoms with Crippen molar-refractivity contribution in [1.82, 2.24) is 4.31 Å². The number of sulfonamides is 1. The largest absolute Gasteiger partial charge is 0.215 e. The minimum Gasteiger partial charge on any atom is -0.212 e. The van der Waals surface area contributed by atoms with Crippen LogP contribution in [-0.2, 0) is 10.0 Å². The monoisotopic (exact) mass is 219 g/mol. The maximum atomic E-state index is 11.6. The normalized spacial score (nSPS) is 19.6. The number of terminal acetylenes is 1. The fraction of sp³-hybridized carbons (Fsp3) is 0.750. The van der Waals surface area contributed by atoms with E-state index in [1.807, 2.05) is 0 Å². The van der Waals surface area contributed by atoms with Crippen LogP contribution in [-0.4, -0.2) is 43.1 Å². The average molecular weight is 219 g/mol. The van der Waals surface area contributed by atoms with Gasteiger partial charge in [0.05, 0.1) is 5.75 Å². The fourth-order valence-electron chi connectivity index (χ4n) is 1.14. The highest BCUT2D eigenvalue weighted by atomic mass is 32.2. The van der Waals surface area contributed by atoms with Crippen molar-refractivity contribution in [2.24, 2.45) is 0 Å². The zero-order valence-electron chi connectivity index (χ0n) is 7.40. The zero-order chi connectivity index (χ0) is 9.73. The van der Waals surface area contributed by atoms with Crippen LogP contribution in [0.2, 0.25) is 0 Å². The SMILES string of the molecule is C#CCCS(=O)(=O)N1CCSCC1. The van der Waals surface area contributed by atoms with Crippen LogP contribution in [0, 0.1) is 12.3 Å². The predicted molar refractivity (Wildman–Crippen MR) is 56.1 cm³/mol. The first-order chi connectivity index (χ1) is 6.17.